The summed E-state index contributed by atoms with van der Waals surface area (Å²) in [6.45, 7) is 1.71. The maximum Gasteiger partial charge on any atom is 0.573 e. The number of hydrogen-bond donors (Lipinski definition) is 0. The standard InChI is InChI=1S/C9H8F4O/c1-2-6-3-4-7(5-8(6)10)14-9(11,12)13/h3-5H,2H2,1H3. The molecule has 1 aromatic rings. The van der Waals surface area contributed by atoms with Crippen molar-refractivity contribution in [1.29, 1.82) is 0 Å². The maximum absolute atomic E-state index is 13.0. The molecule has 0 unspecified atom stereocenters. The molecule has 0 aromatic heterocycles. The van der Waals surface area contributed by atoms with E-state index in [1.807, 2.05) is 0 Å². The molecule has 0 radical (unpaired) electrons. The van der Waals surface area contributed by atoms with Gasteiger partial charge in [0.1, 0.15) is 11.6 Å². The lowest BCUT2D eigenvalue weighted by Crippen LogP contribution is -2.17. The highest BCUT2D eigenvalue weighted by atomic mass is 19.4. The summed E-state index contributed by atoms with van der Waals surface area (Å²) in [5, 5.41) is 0. The second-order valence-electron chi connectivity index (χ2n) is 2.65. The minimum absolute atomic E-state index is 0.361. The molecule has 0 fully saturated rings. The Morgan fingerprint density at radius 3 is 2.36 bits per heavy atom. The second-order valence-corrected chi connectivity index (χ2v) is 2.65. The lowest BCUT2D eigenvalue weighted by Gasteiger charge is -2.09. The van der Waals surface area contributed by atoms with Gasteiger partial charge >= 0.3 is 6.36 Å². The maximum atomic E-state index is 13.0. The lowest BCUT2D eigenvalue weighted by atomic mass is 10.1. The molecule has 0 heterocycles. The Balaban J connectivity index is 2.87. The zero-order chi connectivity index (χ0) is 10.8. The molecule has 14 heavy (non-hydrogen) atoms. The van der Waals surface area contributed by atoms with Crippen molar-refractivity contribution < 1.29 is 22.3 Å². The zero-order valence-corrected chi connectivity index (χ0v) is 7.36. The topological polar surface area (TPSA) is 9.23 Å². The van der Waals surface area contributed by atoms with Crippen molar-refractivity contribution in [3.8, 4) is 5.75 Å². The van der Waals surface area contributed by atoms with E-state index in [-0.39, 0.29) is 0 Å². The number of rotatable bonds is 2. The van der Waals surface area contributed by atoms with Gasteiger partial charge in [-0.1, -0.05) is 13.0 Å². The van der Waals surface area contributed by atoms with E-state index >= 15 is 0 Å². The third-order valence-corrected chi connectivity index (χ3v) is 1.64. The van der Waals surface area contributed by atoms with E-state index in [0.29, 0.717) is 12.0 Å². The van der Waals surface area contributed by atoms with Crippen LogP contribution in [-0.4, -0.2) is 6.36 Å². The van der Waals surface area contributed by atoms with Crippen LogP contribution in [0, 0.1) is 5.82 Å². The van der Waals surface area contributed by atoms with Crippen LogP contribution in [0.1, 0.15) is 12.5 Å². The molecular weight excluding hydrogens is 200 g/mol. The van der Waals surface area contributed by atoms with Crippen LogP contribution >= 0.6 is 0 Å². The third kappa shape index (κ3) is 2.90. The summed E-state index contributed by atoms with van der Waals surface area (Å²) in [4.78, 5) is 0. The zero-order valence-electron chi connectivity index (χ0n) is 7.36. The van der Waals surface area contributed by atoms with Crippen LogP contribution in [0.2, 0.25) is 0 Å². The van der Waals surface area contributed by atoms with Crippen LogP contribution in [0.3, 0.4) is 0 Å². The van der Waals surface area contributed by atoms with Gasteiger partial charge in [-0.2, -0.15) is 0 Å². The molecule has 5 heteroatoms. The van der Waals surface area contributed by atoms with Crippen LogP contribution in [0.15, 0.2) is 18.2 Å². The van der Waals surface area contributed by atoms with Gasteiger partial charge in [0.2, 0.25) is 0 Å². The normalized spacial score (nSPS) is 11.5. The molecule has 0 spiro atoms. The monoisotopic (exact) mass is 208 g/mol. The quantitative estimate of drug-likeness (QED) is 0.677. The fourth-order valence-electron chi connectivity index (χ4n) is 1.01. The first-order valence-corrected chi connectivity index (χ1v) is 3.96. The first-order valence-electron chi connectivity index (χ1n) is 3.96. The van der Waals surface area contributed by atoms with E-state index in [1.54, 1.807) is 6.92 Å². The number of alkyl halides is 3. The Morgan fingerprint density at radius 1 is 1.29 bits per heavy atom. The summed E-state index contributed by atoms with van der Waals surface area (Å²) in [5.41, 5.74) is 0.361. The predicted octanol–water partition coefficient (Wildman–Crippen LogP) is 3.29. The van der Waals surface area contributed by atoms with Crippen molar-refractivity contribution in [3.05, 3.63) is 29.6 Å². The molecule has 0 saturated carbocycles. The number of halogens is 4. The first-order chi connectivity index (χ1) is 6.42. The van der Waals surface area contributed by atoms with E-state index in [1.165, 1.54) is 6.07 Å². The van der Waals surface area contributed by atoms with Gasteiger partial charge in [-0.3, -0.25) is 0 Å². The van der Waals surface area contributed by atoms with Crippen LogP contribution in [0.5, 0.6) is 5.75 Å². The van der Waals surface area contributed by atoms with Crippen molar-refractivity contribution in [1.82, 2.24) is 0 Å². The largest absolute Gasteiger partial charge is 0.573 e. The predicted molar refractivity (Wildman–Crippen MR) is 42.5 cm³/mol. The van der Waals surface area contributed by atoms with Gasteiger partial charge in [0.15, 0.2) is 0 Å². The number of benzene rings is 1. The van der Waals surface area contributed by atoms with Crippen LogP contribution < -0.4 is 4.74 Å². The highest BCUT2D eigenvalue weighted by Gasteiger charge is 2.31. The molecule has 0 atom stereocenters. The lowest BCUT2D eigenvalue weighted by molar-refractivity contribution is -0.274. The van der Waals surface area contributed by atoms with Crippen LogP contribution in [0.4, 0.5) is 17.6 Å². The van der Waals surface area contributed by atoms with Crippen molar-refractivity contribution in [2.45, 2.75) is 19.7 Å². The summed E-state index contributed by atoms with van der Waals surface area (Å²) in [7, 11) is 0. The molecule has 0 aliphatic carbocycles. The van der Waals surface area contributed by atoms with Gasteiger partial charge in [0.25, 0.3) is 0 Å². The summed E-state index contributed by atoms with van der Waals surface area (Å²) >= 11 is 0. The third-order valence-electron chi connectivity index (χ3n) is 1.64. The Labute approximate surface area is 78.3 Å². The first kappa shape index (κ1) is 10.8. The van der Waals surface area contributed by atoms with Gasteiger partial charge in [0.05, 0.1) is 0 Å². The fraction of sp³-hybridized carbons (Fsp3) is 0.333. The summed E-state index contributed by atoms with van der Waals surface area (Å²) in [6, 6.07) is 3.10. The van der Waals surface area contributed by atoms with Crippen LogP contribution in [-0.2, 0) is 6.42 Å². The van der Waals surface area contributed by atoms with Crippen molar-refractivity contribution in [3.63, 3.8) is 0 Å². The summed E-state index contributed by atoms with van der Waals surface area (Å²) in [5.74, 6) is -1.22. The Kier molecular flexibility index (Phi) is 2.98. The van der Waals surface area contributed by atoms with Crippen molar-refractivity contribution in [2.24, 2.45) is 0 Å². The van der Waals surface area contributed by atoms with E-state index < -0.39 is 17.9 Å². The molecule has 78 valence electrons. The van der Waals surface area contributed by atoms with E-state index in [0.717, 1.165) is 12.1 Å². The molecule has 0 aliphatic rings. The molecule has 1 nitrogen and oxygen atoms in total. The SMILES string of the molecule is CCc1ccc(OC(F)(F)F)cc1F. The number of hydrogen-bond acceptors (Lipinski definition) is 1. The minimum atomic E-state index is -4.78. The van der Waals surface area contributed by atoms with Gasteiger partial charge in [-0.25, -0.2) is 4.39 Å². The van der Waals surface area contributed by atoms with Gasteiger partial charge in [-0.15, -0.1) is 13.2 Å². The molecule has 0 N–H and O–H groups in total. The highest BCUT2D eigenvalue weighted by Crippen LogP contribution is 2.24. The number of ether oxygens (including phenoxy) is 1. The minimum Gasteiger partial charge on any atom is -0.406 e. The smallest absolute Gasteiger partial charge is 0.406 e. The fourth-order valence-corrected chi connectivity index (χ4v) is 1.01. The molecular formula is C9H8F4O. The number of aryl methyl sites for hydroxylation is 1. The Morgan fingerprint density at radius 2 is 1.93 bits per heavy atom. The van der Waals surface area contributed by atoms with Gasteiger partial charge in [-0.05, 0) is 18.1 Å². The van der Waals surface area contributed by atoms with E-state index in [2.05, 4.69) is 4.74 Å². The van der Waals surface area contributed by atoms with Gasteiger partial charge in [0, 0.05) is 6.07 Å². The molecule has 0 aliphatic heterocycles. The molecule has 0 saturated heterocycles. The van der Waals surface area contributed by atoms with Crippen molar-refractivity contribution >= 4 is 0 Å². The molecule has 1 aromatic carbocycles. The summed E-state index contributed by atoms with van der Waals surface area (Å²) in [6.07, 6.45) is -4.35. The molecule has 0 bridgehead atoms. The second kappa shape index (κ2) is 3.86. The highest BCUT2D eigenvalue weighted by molar-refractivity contribution is 5.28. The van der Waals surface area contributed by atoms with Crippen molar-refractivity contribution in [2.75, 3.05) is 0 Å². The Hall–Kier alpha value is -1.26. The van der Waals surface area contributed by atoms with Gasteiger partial charge < -0.3 is 4.74 Å². The average Bonchev–Trinajstić information content (AvgIpc) is 2.01. The molecule has 0 amide bonds. The summed E-state index contributed by atoms with van der Waals surface area (Å²) < 4.78 is 51.7. The van der Waals surface area contributed by atoms with E-state index in [9.17, 15) is 17.6 Å². The average molecular weight is 208 g/mol. The van der Waals surface area contributed by atoms with Crippen LogP contribution in [0.25, 0.3) is 0 Å². The van der Waals surface area contributed by atoms with E-state index in [4.69, 9.17) is 0 Å². The molecule has 1 rings (SSSR count). The Bertz CT molecular complexity index is 319.